The van der Waals surface area contributed by atoms with E-state index < -0.39 is 0 Å². The van der Waals surface area contributed by atoms with Gasteiger partial charge >= 0.3 is 5.97 Å². The van der Waals surface area contributed by atoms with Crippen molar-refractivity contribution in [1.82, 2.24) is 4.90 Å². The van der Waals surface area contributed by atoms with Gasteiger partial charge in [-0.2, -0.15) is 0 Å². The molecule has 1 aromatic rings. The molecule has 1 fully saturated rings. The monoisotopic (exact) mass is 265 g/mol. The Labute approximate surface area is 112 Å². The highest BCUT2D eigenvalue weighted by molar-refractivity contribution is 5.80. The first-order chi connectivity index (χ1) is 9.11. The molecule has 0 radical (unpaired) electrons. The highest BCUT2D eigenvalue weighted by Crippen LogP contribution is 2.23. The van der Waals surface area contributed by atoms with Gasteiger partial charge in [-0.05, 0) is 31.9 Å². The van der Waals surface area contributed by atoms with Crippen LogP contribution in [0.25, 0.3) is 0 Å². The predicted molar refractivity (Wildman–Crippen MR) is 68.3 cm³/mol. The lowest BCUT2D eigenvalue weighted by Crippen LogP contribution is -2.48. The third-order valence-corrected chi connectivity index (χ3v) is 3.64. The molecule has 2 rings (SSSR count). The maximum Gasteiger partial charge on any atom is 0.310 e. The zero-order valence-corrected chi connectivity index (χ0v) is 11.3. The van der Waals surface area contributed by atoms with Crippen molar-refractivity contribution in [2.24, 2.45) is 5.92 Å². The van der Waals surface area contributed by atoms with Gasteiger partial charge in [0.2, 0.25) is 5.91 Å². The lowest BCUT2D eigenvalue weighted by molar-refractivity contribution is -0.150. The number of hydrogen-bond acceptors (Lipinski definition) is 4. The van der Waals surface area contributed by atoms with Crippen LogP contribution in [0.2, 0.25) is 0 Å². The van der Waals surface area contributed by atoms with Crippen molar-refractivity contribution >= 4 is 11.9 Å². The highest BCUT2D eigenvalue weighted by Gasteiger charge is 2.33. The minimum atomic E-state index is -0.234. The molecule has 0 unspecified atom stereocenters. The van der Waals surface area contributed by atoms with Crippen molar-refractivity contribution in [3.8, 4) is 0 Å². The van der Waals surface area contributed by atoms with E-state index in [2.05, 4.69) is 0 Å². The summed E-state index contributed by atoms with van der Waals surface area (Å²) in [7, 11) is 1.38. The third kappa shape index (κ3) is 3.16. The van der Waals surface area contributed by atoms with Gasteiger partial charge in [0, 0.05) is 12.6 Å². The smallest absolute Gasteiger partial charge is 0.310 e. The summed E-state index contributed by atoms with van der Waals surface area (Å²) in [6.07, 6.45) is 3.40. The number of likely N-dealkylation sites (tertiary alicyclic amines) is 1. The zero-order valence-electron chi connectivity index (χ0n) is 11.3. The van der Waals surface area contributed by atoms with Crippen molar-refractivity contribution in [3.63, 3.8) is 0 Å². The Bertz CT molecular complexity index is 440. The van der Waals surface area contributed by atoms with Gasteiger partial charge in [-0.3, -0.25) is 9.59 Å². The number of furan rings is 1. The first kappa shape index (κ1) is 13.6. The quantitative estimate of drug-likeness (QED) is 0.779. The molecule has 0 N–H and O–H groups in total. The molecule has 0 bridgehead atoms. The normalized spacial score (nSPS) is 23.2. The van der Waals surface area contributed by atoms with Crippen LogP contribution in [0.3, 0.4) is 0 Å². The second-order valence-electron chi connectivity index (χ2n) is 4.95. The Kier molecular flexibility index (Phi) is 4.24. The molecule has 5 heteroatoms. The predicted octanol–water partition coefficient (Wildman–Crippen LogP) is 1.62. The standard InChI is InChI=1S/C14H19NO4/c1-10-5-6-11(14(17)18-2)9-15(10)13(16)8-12-4-3-7-19-12/h3-4,7,10-11H,5-6,8-9H2,1-2H3/t10-,11+/m0/s1. The summed E-state index contributed by atoms with van der Waals surface area (Å²) in [6.45, 7) is 2.45. The molecular formula is C14H19NO4. The van der Waals surface area contributed by atoms with Crippen LogP contribution in [0.4, 0.5) is 0 Å². The maximum atomic E-state index is 12.2. The number of piperidine rings is 1. The second-order valence-corrected chi connectivity index (χ2v) is 4.95. The molecule has 1 aromatic heterocycles. The van der Waals surface area contributed by atoms with Gasteiger partial charge < -0.3 is 14.1 Å². The van der Waals surface area contributed by atoms with Gasteiger partial charge in [0.1, 0.15) is 5.76 Å². The average molecular weight is 265 g/mol. The number of amides is 1. The molecule has 2 atom stereocenters. The van der Waals surface area contributed by atoms with Crippen molar-refractivity contribution in [3.05, 3.63) is 24.2 Å². The molecule has 104 valence electrons. The summed E-state index contributed by atoms with van der Waals surface area (Å²) in [6, 6.07) is 3.70. The summed E-state index contributed by atoms with van der Waals surface area (Å²) in [5, 5.41) is 0. The Balaban J connectivity index is 2.00. The van der Waals surface area contributed by atoms with Gasteiger partial charge in [-0.25, -0.2) is 0 Å². The fourth-order valence-electron chi connectivity index (χ4n) is 2.48. The van der Waals surface area contributed by atoms with E-state index in [1.165, 1.54) is 7.11 Å². The molecular weight excluding hydrogens is 246 g/mol. The van der Waals surface area contributed by atoms with E-state index in [1.807, 2.05) is 6.92 Å². The number of hydrogen-bond donors (Lipinski definition) is 0. The Morgan fingerprint density at radius 2 is 2.26 bits per heavy atom. The molecule has 2 heterocycles. The van der Waals surface area contributed by atoms with Crippen molar-refractivity contribution in [2.75, 3.05) is 13.7 Å². The number of carbonyl (C=O) groups is 2. The molecule has 0 saturated carbocycles. The van der Waals surface area contributed by atoms with Crippen molar-refractivity contribution < 1.29 is 18.7 Å². The fraction of sp³-hybridized carbons (Fsp3) is 0.571. The molecule has 1 aliphatic rings. The van der Waals surface area contributed by atoms with E-state index in [0.29, 0.717) is 12.3 Å². The number of ether oxygens (including phenoxy) is 1. The number of esters is 1. The van der Waals surface area contributed by atoms with Crippen LogP contribution in [-0.4, -0.2) is 36.5 Å². The van der Waals surface area contributed by atoms with Gasteiger partial charge in [0.05, 0.1) is 25.7 Å². The molecule has 0 aliphatic carbocycles. The number of methoxy groups -OCH3 is 1. The van der Waals surface area contributed by atoms with Crippen LogP contribution >= 0.6 is 0 Å². The maximum absolute atomic E-state index is 12.2. The lowest BCUT2D eigenvalue weighted by atomic mass is 9.93. The van der Waals surface area contributed by atoms with Crippen molar-refractivity contribution in [1.29, 1.82) is 0 Å². The summed E-state index contributed by atoms with van der Waals surface area (Å²) < 4.78 is 9.95. The van der Waals surface area contributed by atoms with Crippen LogP contribution in [0, 0.1) is 5.92 Å². The largest absolute Gasteiger partial charge is 0.469 e. The first-order valence-corrected chi connectivity index (χ1v) is 6.51. The van der Waals surface area contributed by atoms with Crippen LogP contribution in [0.1, 0.15) is 25.5 Å². The van der Waals surface area contributed by atoms with Crippen LogP contribution in [0.15, 0.2) is 22.8 Å². The molecule has 0 spiro atoms. The fourth-order valence-corrected chi connectivity index (χ4v) is 2.48. The van der Waals surface area contributed by atoms with Crippen LogP contribution in [-0.2, 0) is 20.7 Å². The topological polar surface area (TPSA) is 59.8 Å². The molecule has 5 nitrogen and oxygen atoms in total. The molecule has 1 aliphatic heterocycles. The summed E-state index contributed by atoms with van der Waals surface area (Å²) >= 11 is 0. The number of nitrogens with zero attached hydrogens (tertiary/aromatic N) is 1. The Morgan fingerprint density at radius 3 is 2.89 bits per heavy atom. The Morgan fingerprint density at radius 1 is 1.47 bits per heavy atom. The van der Waals surface area contributed by atoms with Gasteiger partial charge in [-0.15, -0.1) is 0 Å². The molecule has 1 amide bonds. The molecule has 1 saturated heterocycles. The van der Waals surface area contributed by atoms with Crippen LogP contribution in [0.5, 0.6) is 0 Å². The zero-order chi connectivity index (χ0) is 13.8. The molecule has 19 heavy (non-hydrogen) atoms. The minimum absolute atomic E-state index is 0.00365. The van der Waals surface area contributed by atoms with Gasteiger partial charge in [0.15, 0.2) is 0 Å². The first-order valence-electron chi connectivity index (χ1n) is 6.51. The summed E-state index contributed by atoms with van der Waals surface area (Å²) in [4.78, 5) is 25.6. The third-order valence-electron chi connectivity index (χ3n) is 3.64. The van der Waals surface area contributed by atoms with Crippen molar-refractivity contribution in [2.45, 2.75) is 32.2 Å². The van der Waals surface area contributed by atoms with E-state index in [9.17, 15) is 9.59 Å². The summed E-state index contributed by atoms with van der Waals surface area (Å²) in [5.74, 6) is 0.206. The number of rotatable bonds is 3. The number of carbonyl (C=O) groups excluding carboxylic acids is 2. The van der Waals surface area contributed by atoms with E-state index in [0.717, 1.165) is 12.8 Å². The highest BCUT2D eigenvalue weighted by atomic mass is 16.5. The lowest BCUT2D eigenvalue weighted by Gasteiger charge is -2.36. The van der Waals surface area contributed by atoms with E-state index >= 15 is 0 Å². The summed E-state index contributed by atoms with van der Waals surface area (Å²) in [5.41, 5.74) is 0. The van der Waals surface area contributed by atoms with Gasteiger partial charge in [0.25, 0.3) is 0 Å². The Hall–Kier alpha value is -1.78. The van der Waals surface area contributed by atoms with E-state index in [1.54, 1.807) is 23.3 Å². The van der Waals surface area contributed by atoms with Crippen LogP contribution < -0.4 is 0 Å². The second kappa shape index (κ2) is 5.91. The average Bonchev–Trinajstić information content (AvgIpc) is 2.91. The van der Waals surface area contributed by atoms with Gasteiger partial charge in [-0.1, -0.05) is 0 Å². The van der Waals surface area contributed by atoms with E-state index in [-0.39, 0.29) is 30.3 Å². The molecule has 0 aromatic carbocycles. The SMILES string of the molecule is COC(=O)[C@@H]1CC[C@H](C)N(C(=O)Cc2ccco2)C1. The minimum Gasteiger partial charge on any atom is -0.469 e. The van der Waals surface area contributed by atoms with E-state index in [4.69, 9.17) is 9.15 Å².